The van der Waals surface area contributed by atoms with Gasteiger partial charge in [-0.3, -0.25) is 10.1 Å². The van der Waals surface area contributed by atoms with E-state index in [-0.39, 0.29) is 11.0 Å². The molecule has 0 bridgehead atoms. The number of benzene rings is 3. The number of thiocarbonyl (C=S) groups is 1. The predicted octanol–water partition coefficient (Wildman–Crippen LogP) is 5.75. The maximum absolute atomic E-state index is 12.4. The molecule has 0 saturated heterocycles. The Hall–Kier alpha value is -3.51. The van der Waals surface area contributed by atoms with E-state index in [0.717, 1.165) is 35.2 Å². The topological polar surface area (TPSA) is 67.2 Å². The second-order valence-corrected chi connectivity index (χ2v) is 7.62. The Morgan fingerprint density at radius 2 is 1.71 bits per heavy atom. The van der Waals surface area contributed by atoms with Crippen molar-refractivity contribution in [1.29, 1.82) is 0 Å². The van der Waals surface area contributed by atoms with Crippen molar-refractivity contribution in [2.24, 2.45) is 0 Å². The van der Waals surface area contributed by atoms with Gasteiger partial charge < -0.3 is 9.73 Å². The summed E-state index contributed by atoms with van der Waals surface area (Å²) in [6.45, 7) is 4.19. The summed E-state index contributed by atoms with van der Waals surface area (Å²) < 4.78 is 5.91. The van der Waals surface area contributed by atoms with Gasteiger partial charge in [0.2, 0.25) is 5.89 Å². The van der Waals surface area contributed by atoms with Crippen molar-refractivity contribution in [2.45, 2.75) is 26.7 Å². The van der Waals surface area contributed by atoms with Crippen LogP contribution in [-0.4, -0.2) is 16.0 Å². The molecular formula is C25H23N3O2S. The van der Waals surface area contributed by atoms with Crippen LogP contribution in [0, 0.1) is 0 Å². The fourth-order valence-electron chi connectivity index (χ4n) is 3.28. The molecule has 0 fully saturated rings. The Balaban J connectivity index is 1.46. The van der Waals surface area contributed by atoms with Crippen LogP contribution in [0.15, 0.2) is 71.1 Å². The third-order valence-electron chi connectivity index (χ3n) is 5.08. The standard InChI is InChI=1S/C25H23N3O2S/c1-3-16-8-11-18(12-9-16)23(29)28-25(31)26-20-7-5-6-19(15-20)24-27-21-14-17(4-2)10-13-22(21)30-24/h5-15H,3-4H2,1-2H3,(H2,26,28,29,31). The van der Waals surface area contributed by atoms with E-state index in [4.69, 9.17) is 16.6 Å². The number of nitrogens with zero attached hydrogens (tertiary/aromatic N) is 1. The molecule has 0 unspecified atom stereocenters. The van der Waals surface area contributed by atoms with Crippen LogP contribution in [0.1, 0.15) is 35.3 Å². The molecular weight excluding hydrogens is 406 g/mol. The monoisotopic (exact) mass is 429 g/mol. The number of aryl methyl sites for hydroxylation is 2. The van der Waals surface area contributed by atoms with Crippen LogP contribution < -0.4 is 10.6 Å². The third-order valence-corrected chi connectivity index (χ3v) is 5.28. The first-order valence-corrected chi connectivity index (χ1v) is 10.7. The summed E-state index contributed by atoms with van der Waals surface area (Å²) in [6, 6.07) is 21.1. The fraction of sp³-hybridized carbons (Fsp3) is 0.160. The molecule has 2 N–H and O–H groups in total. The Kier molecular flexibility index (Phi) is 6.09. The van der Waals surface area contributed by atoms with E-state index in [1.165, 1.54) is 11.1 Å². The van der Waals surface area contributed by atoms with E-state index in [1.54, 1.807) is 12.1 Å². The Bertz CT molecular complexity index is 1250. The lowest BCUT2D eigenvalue weighted by molar-refractivity contribution is 0.0977. The van der Waals surface area contributed by atoms with Crippen molar-refractivity contribution in [3.63, 3.8) is 0 Å². The van der Waals surface area contributed by atoms with Crippen molar-refractivity contribution in [2.75, 3.05) is 5.32 Å². The molecule has 5 nitrogen and oxygen atoms in total. The largest absolute Gasteiger partial charge is 0.436 e. The number of hydrogen-bond acceptors (Lipinski definition) is 4. The van der Waals surface area contributed by atoms with Gasteiger partial charge in [-0.25, -0.2) is 4.98 Å². The first-order valence-electron chi connectivity index (χ1n) is 10.3. The number of amides is 1. The summed E-state index contributed by atoms with van der Waals surface area (Å²) >= 11 is 5.32. The van der Waals surface area contributed by atoms with Crippen LogP contribution in [0.25, 0.3) is 22.6 Å². The second-order valence-electron chi connectivity index (χ2n) is 7.21. The smallest absolute Gasteiger partial charge is 0.257 e. The van der Waals surface area contributed by atoms with E-state index in [0.29, 0.717) is 11.5 Å². The summed E-state index contributed by atoms with van der Waals surface area (Å²) in [5, 5.41) is 6.00. The lowest BCUT2D eigenvalue weighted by Gasteiger charge is -2.10. The number of anilines is 1. The molecule has 156 valence electrons. The lowest BCUT2D eigenvalue weighted by Crippen LogP contribution is -2.34. The third kappa shape index (κ3) is 4.81. The second kappa shape index (κ2) is 9.10. The summed E-state index contributed by atoms with van der Waals surface area (Å²) in [6.07, 6.45) is 1.88. The highest BCUT2D eigenvalue weighted by Crippen LogP contribution is 2.27. The average molecular weight is 430 g/mol. The molecule has 3 aromatic carbocycles. The van der Waals surface area contributed by atoms with Gasteiger partial charge in [0.25, 0.3) is 5.91 Å². The molecule has 1 aromatic heterocycles. The number of aromatic nitrogens is 1. The fourth-order valence-corrected chi connectivity index (χ4v) is 3.49. The zero-order valence-corrected chi connectivity index (χ0v) is 18.3. The number of fused-ring (bicyclic) bond motifs is 1. The summed E-state index contributed by atoms with van der Waals surface area (Å²) in [5.41, 5.74) is 6.11. The molecule has 0 aliphatic rings. The molecule has 6 heteroatoms. The minimum absolute atomic E-state index is 0.229. The van der Waals surface area contributed by atoms with Gasteiger partial charge in [0.15, 0.2) is 10.7 Å². The predicted molar refractivity (Wildman–Crippen MR) is 128 cm³/mol. The molecule has 0 saturated carbocycles. The lowest BCUT2D eigenvalue weighted by atomic mass is 10.1. The highest BCUT2D eigenvalue weighted by atomic mass is 32.1. The maximum Gasteiger partial charge on any atom is 0.257 e. The number of rotatable bonds is 5. The Morgan fingerprint density at radius 1 is 0.968 bits per heavy atom. The quantitative estimate of drug-likeness (QED) is 0.396. The molecule has 31 heavy (non-hydrogen) atoms. The number of hydrogen-bond donors (Lipinski definition) is 2. The molecule has 4 aromatic rings. The van der Waals surface area contributed by atoms with Crippen LogP contribution >= 0.6 is 12.2 Å². The van der Waals surface area contributed by atoms with Gasteiger partial charge in [0.1, 0.15) is 5.52 Å². The van der Waals surface area contributed by atoms with E-state index in [9.17, 15) is 4.79 Å². The van der Waals surface area contributed by atoms with E-state index < -0.39 is 0 Å². The minimum Gasteiger partial charge on any atom is -0.436 e. The van der Waals surface area contributed by atoms with Crippen molar-refractivity contribution >= 4 is 40.0 Å². The summed E-state index contributed by atoms with van der Waals surface area (Å²) in [7, 11) is 0. The van der Waals surface area contributed by atoms with Gasteiger partial charge >= 0.3 is 0 Å². The van der Waals surface area contributed by atoms with Gasteiger partial charge in [-0.2, -0.15) is 0 Å². The SMILES string of the molecule is CCc1ccc(C(=O)NC(=S)Nc2cccc(-c3nc4cc(CC)ccc4o3)c2)cc1. The van der Waals surface area contributed by atoms with Gasteiger partial charge in [0, 0.05) is 16.8 Å². The minimum atomic E-state index is -0.248. The molecule has 1 amide bonds. The summed E-state index contributed by atoms with van der Waals surface area (Å²) in [4.78, 5) is 17.0. The van der Waals surface area contributed by atoms with Crippen molar-refractivity contribution in [3.8, 4) is 11.5 Å². The average Bonchev–Trinajstić information content (AvgIpc) is 3.22. The molecule has 0 spiro atoms. The van der Waals surface area contributed by atoms with Crippen LogP contribution in [-0.2, 0) is 12.8 Å². The van der Waals surface area contributed by atoms with E-state index in [2.05, 4.69) is 29.5 Å². The maximum atomic E-state index is 12.4. The number of carbonyl (C=O) groups is 1. The summed E-state index contributed by atoms with van der Waals surface area (Å²) in [5.74, 6) is 0.292. The van der Waals surface area contributed by atoms with Gasteiger partial charge in [-0.05, 0) is 78.7 Å². The first-order chi connectivity index (χ1) is 15.1. The van der Waals surface area contributed by atoms with Crippen molar-refractivity contribution in [3.05, 3.63) is 83.4 Å². The van der Waals surface area contributed by atoms with Crippen molar-refractivity contribution in [1.82, 2.24) is 10.3 Å². The molecule has 0 aliphatic heterocycles. The molecule has 1 heterocycles. The van der Waals surface area contributed by atoms with Crippen LogP contribution in [0.3, 0.4) is 0 Å². The molecule has 0 aliphatic carbocycles. The molecule has 0 atom stereocenters. The zero-order valence-electron chi connectivity index (χ0n) is 17.4. The number of nitrogens with one attached hydrogen (secondary N) is 2. The highest BCUT2D eigenvalue weighted by molar-refractivity contribution is 7.80. The van der Waals surface area contributed by atoms with Crippen LogP contribution in [0.2, 0.25) is 0 Å². The van der Waals surface area contributed by atoms with Crippen molar-refractivity contribution < 1.29 is 9.21 Å². The van der Waals surface area contributed by atoms with E-state index >= 15 is 0 Å². The van der Waals surface area contributed by atoms with Gasteiger partial charge in [0.05, 0.1) is 0 Å². The number of oxazole rings is 1. The van der Waals surface area contributed by atoms with Crippen LogP contribution in [0.5, 0.6) is 0 Å². The first kappa shape index (κ1) is 20.8. The van der Waals surface area contributed by atoms with Gasteiger partial charge in [-0.1, -0.05) is 38.1 Å². The number of carbonyl (C=O) groups excluding carboxylic acids is 1. The molecule has 0 radical (unpaired) electrons. The Labute approximate surface area is 186 Å². The highest BCUT2D eigenvalue weighted by Gasteiger charge is 2.11. The Morgan fingerprint density at radius 3 is 2.45 bits per heavy atom. The molecule has 4 rings (SSSR count). The van der Waals surface area contributed by atoms with E-state index in [1.807, 2.05) is 54.6 Å². The normalized spacial score (nSPS) is 10.8. The zero-order chi connectivity index (χ0) is 21.8. The van der Waals surface area contributed by atoms with Gasteiger partial charge in [-0.15, -0.1) is 0 Å². The van der Waals surface area contributed by atoms with Crippen LogP contribution in [0.4, 0.5) is 5.69 Å².